The lowest BCUT2D eigenvalue weighted by molar-refractivity contribution is 0.396. The average Bonchev–Trinajstić information content (AvgIpc) is 2.79. The summed E-state index contributed by atoms with van der Waals surface area (Å²) in [6, 6.07) is 23.8. The van der Waals surface area contributed by atoms with Crippen LogP contribution in [0.5, 0.6) is 5.75 Å². The van der Waals surface area contributed by atoms with Crippen molar-refractivity contribution in [3.8, 4) is 17.5 Å². The van der Waals surface area contributed by atoms with Crippen LogP contribution in [0.4, 0.5) is 0 Å². The molecular weight excluding hydrogens is 445 g/mol. The molecule has 0 saturated carbocycles. The molecule has 1 aliphatic rings. The van der Waals surface area contributed by atoms with Gasteiger partial charge in [-0.25, -0.2) is 0 Å². The quantitative estimate of drug-likeness (QED) is 0.428. The summed E-state index contributed by atoms with van der Waals surface area (Å²) in [5, 5.41) is 11.4. The Bertz CT molecular complexity index is 1520. The van der Waals surface area contributed by atoms with Crippen molar-refractivity contribution >= 4 is 34.1 Å². The second-order valence-electron chi connectivity index (χ2n) is 7.33. The number of ether oxygens (including phenoxy) is 1. The number of hydrogen-bond acceptors (Lipinski definition) is 4. The van der Waals surface area contributed by atoms with E-state index in [-0.39, 0.29) is 17.0 Å². The van der Waals surface area contributed by atoms with Gasteiger partial charge in [-0.1, -0.05) is 59.6 Å². The number of para-hydroxylation sites is 2. The van der Waals surface area contributed by atoms with Gasteiger partial charge in [0.25, 0.3) is 5.56 Å². The van der Waals surface area contributed by atoms with Gasteiger partial charge in [-0.05, 0) is 42.0 Å². The van der Waals surface area contributed by atoms with Gasteiger partial charge in [-0.2, -0.15) is 5.26 Å². The van der Waals surface area contributed by atoms with Gasteiger partial charge in [-0.3, -0.25) is 9.36 Å². The Morgan fingerprint density at radius 3 is 2.44 bits per heavy atom. The third-order valence-corrected chi connectivity index (χ3v) is 6.09. The highest BCUT2D eigenvalue weighted by Gasteiger charge is 2.36. The first kappa shape index (κ1) is 20.2. The van der Waals surface area contributed by atoms with E-state index >= 15 is 0 Å². The van der Waals surface area contributed by atoms with E-state index in [2.05, 4.69) is 6.07 Å². The van der Waals surface area contributed by atoms with Crippen LogP contribution < -0.4 is 16.0 Å². The number of nitriles is 1. The molecule has 1 unspecified atom stereocenters. The molecule has 0 radical (unpaired) electrons. The Labute approximate surface area is 193 Å². The highest BCUT2D eigenvalue weighted by atomic mass is 35.5. The van der Waals surface area contributed by atoms with Crippen molar-refractivity contribution in [2.24, 2.45) is 5.73 Å². The number of rotatable bonds is 2. The zero-order valence-electron chi connectivity index (χ0n) is 16.5. The molecule has 0 fully saturated rings. The number of aromatic nitrogens is 1. The Morgan fingerprint density at radius 1 is 1.00 bits per heavy atom. The predicted molar refractivity (Wildman–Crippen MR) is 125 cm³/mol. The van der Waals surface area contributed by atoms with E-state index in [0.29, 0.717) is 43.5 Å². The van der Waals surface area contributed by atoms with Gasteiger partial charge in [0.1, 0.15) is 17.4 Å². The summed E-state index contributed by atoms with van der Waals surface area (Å²) in [7, 11) is 0. The standard InChI is InChI=1S/C25H15Cl2N3O2/c26-14-10-11-16(19(27)12-14)21-18(13-28)24(29)32-23-17-8-4-5-9-20(17)30(25(31)22(21)23)15-6-2-1-3-7-15/h1-12,21H,29H2. The minimum Gasteiger partial charge on any atom is -0.439 e. The molecule has 0 amide bonds. The smallest absolute Gasteiger partial charge is 0.263 e. The summed E-state index contributed by atoms with van der Waals surface area (Å²) in [6.07, 6.45) is 0. The summed E-state index contributed by atoms with van der Waals surface area (Å²) in [5.41, 5.74) is 8.16. The summed E-state index contributed by atoms with van der Waals surface area (Å²) in [6.45, 7) is 0. The lowest BCUT2D eigenvalue weighted by atomic mass is 9.83. The third kappa shape index (κ3) is 3.04. The normalized spacial score (nSPS) is 15.2. The van der Waals surface area contributed by atoms with E-state index in [1.54, 1.807) is 22.8 Å². The molecule has 156 valence electrons. The number of nitrogens with zero attached hydrogens (tertiary/aromatic N) is 2. The number of halogens is 2. The van der Waals surface area contributed by atoms with Crippen LogP contribution in [0.25, 0.3) is 16.6 Å². The number of fused-ring (bicyclic) bond motifs is 3. The predicted octanol–water partition coefficient (Wildman–Crippen LogP) is 5.52. The Morgan fingerprint density at radius 2 is 1.72 bits per heavy atom. The van der Waals surface area contributed by atoms with Crippen molar-refractivity contribution in [3.63, 3.8) is 0 Å². The van der Waals surface area contributed by atoms with E-state index in [0.717, 1.165) is 0 Å². The number of hydrogen-bond donors (Lipinski definition) is 1. The minimum atomic E-state index is -0.805. The fraction of sp³-hybridized carbons (Fsp3) is 0.0400. The van der Waals surface area contributed by atoms with Gasteiger partial charge in [-0.15, -0.1) is 0 Å². The summed E-state index contributed by atoms with van der Waals surface area (Å²) < 4.78 is 7.50. The van der Waals surface area contributed by atoms with Gasteiger partial charge in [0.15, 0.2) is 0 Å². The van der Waals surface area contributed by atoms with Crippen LogP contribution in [-0.4, -0.2) is 4.57 Å². The first-order valence-corrected chi connectivity index (χ1v) is 10.5. The zero-order chi connectivity index (χ0) is 22.4. The molecular formula is C25H15Cl2N3O2. The average molecular weight is 460 g/mol. The fourth-order valence-electron chi connectivity index (χ4n) is 4.15. The van der Waals surface area contributed by atoms with Crippen LogP contribution in [0.3, 0.4) is 0 Å². The van der Waals surface area contributed by atoms with Crippen LogP contribution in [-0.2, 0) is 0 Å². The third-order valence-electron chi connectivity index (χ3n) is 5.53. The number of benzene rings is 3. The van der Waals surface area contributed by atoms with Crippen LogP contribution >= 0.6 is 23.2 Å². The maximum atomic E-state index is 14.0. The highest BCUT2D eigenvalue weighted by Crippen LogP contribution is 2.45. The molecule has 1 aromatic heterocycles. The molecule has 5 nitrogen and oxygen atoms in total. The zero-order valence-corrected chi connectivity index (χ0v) is 18.1. The van der Waals surface area contributed by atoms with Gasteiger partial charge in [0, 0.05) is 21.1 Å². The van der Waals surface area contributed by atoms with Crippen molar-refractivity contribution < 1.29 is 4.74 Å². The van der Waals surface area contributed by atoms with E-state index in [1.807, 2.05) is 54.6 Å². The number of pyridine rings is 1. The molecule has 0 saturated heterocycles. The van der Waals surface area contributed by atoms with Crippen LogP contribution in [0.15, 0.2) is 89.0 Å². The van der Waals surface area contributed by atoms with Crippen molar-refractivity contribution in [1.82, 2.24) is 4.57 Å². The molecule has 32 heavy (non-hydrogen) atoms. The lowest BCUT2D eigenvalue weighted by Gasteiger charge is -2.28. The van der Waals surface area contributed by atoms with Crippen molar-refractivity contribution in [2.75, 3.05) is 0 Å². The Balaban J connectivity index is 1.94. The monoisotopic (exact) mass is 459 g/mol. The van der Waals surface area contributed by atoms with Crippen LogP contribution in [0.1, 0.15) is 17.0 Å². The minimum absolute atomic E-state index is 0.0574. The van der Waals surface area contributed by atoms with Gasteiger partial charge in [0.2, 0.25) is 5.88 Å². The molecule has 0 bridgehead atoms. The molecule has 0 aliphatic carbocycles. The maximum Gasteiger partial charge on any atom is 0.263 e. The number of allylic oxidation sites excluding steroid dienone is 1. The summed E-state index contributed by atoms with van der Waals surface area (Å²) in [5.74, 6) is -0.538. The van der Waals surface area contributed by atoms with E-state index in [1.165, 1.54) is 0 Å². The Hall–Kier alpha value is -3.72. The SMILES string of the molecule is N#CC1=C(N)Oc2c(c(=O)n(-c3ccccc3)c3ccccc23)C1c1ccc(Cl)cc1Cl. The van der Waals surface area contributed by atoms with Crippen LogP contribution in [0, 0.1) is 11.3 Å². The first-order chi connectivity index (χ1) is 15.5. The molecule has 4 aromatic rings. The van der Waals surface area contributed by atoms with Crippen molar-refractivity contribution in [3.05, 3.63) is 116 Å². The lowest BCUT2D eigenvalue weighted by Crippen LogP contribution is -2.31. The van der Waals surface area contributed by atoms with Gasteiger partial charge >= 0.3 is 0 Å². The molecule has 7 heteroatoms. The second-order valence-corrected chi connectivity index (χ2v) is 8.17. The molecule has 3 aromatic carbocycles. The van der Waals surface area contributed by atoms with Crippen LogP contribution in [0.2, 0.25) is 10.0 Å². The van der Waals surface area contributed by atoms with Gasteiger partial charge < -0.3 is 10.5 Å². The maximum absolute atomic E-state index is 14.0. The molecule has 0 spiro atoms. The van der Waals surface area contributed by atoms with E-state index in [4.69, 9.17) is 33.7 Å². The topological polar surface area (TPSA) is 81.0 Å². The molecule has 2 N–H and O–H groups in total. The molecule has 2 heterocycles. The summed E-state index contributed by atoms with van der Waals surface area (Å²) in [4.78, 5) is 14.0. The fourth-order valence-corrected chi connectivity index (χ4v) is 4.67. The highest BCUT2D eigenvalue weighted by molar-refractivity contribution is 6.35. The molecule has 1 atom stereocenters. The molecule has 5 rings (SSSR count). The molecule has 1 aliphatic heterocycles. The Kier molecular flexibility index (Phi) is 4.90. The van der Waals surface area contributed by atoms with E-state index < -0.39 is 5.92 Å². The second kappa shape index (κ2) is 7.76. The largest absolute Gasteiger partial charge is 0.439 e. The summed E-state index contributed by atoms with van der Waals surface area (Å²) >= 11 is 12.6. The first-order valence-electron chi connectivity index (χ1n) is 9.77. The van der Waals surface area contributed by atoms with E-state index in [9.17, 15) is 10.1 Å². The van der Waals surface area contributed by atoms with Gasteiger partial charge in [0.05, 0.1) is 17.0 Å². The number of nitrogens with two attached hydrogens (primary N) is 1. The van der Waals surface area contributed by atoms with Crippen molar-refractivity contribution in [1.29, 1.82) is 5.26 Å². The van der Waals surface area contributed by atoms with Crippen molar-refractivity contribution in [2.45, 2.75) is 5.92 Å².